The van der Waals surface area contributed by atoms with E-state index >= 15 is 0 Å². The molecule has 0 amide bonds. The van der Waals surface area contributed by atoms with Crippen LogP contribution < -0.4 is 5.73 Å². The van der Waals surface area contributed by atoms with Crippen molar-refractivity contribution >= 4 is 0 Å². The highest BCUT2D eigenvalue weighted by Gasteiger charge is 2.36. The second kappa shape index (κ2) is 4.14. The quantitative estimate of drug-likeness (QED) is 0.523. The van der Waals surface area contributed by atoms with Crippen molar-refractivity contribution in [3.8, 4) is 0 Å². The van der Waals surface area contributed by atoms with Gasteiger partial charge in [0.1, 0.15) is 0 Å². The van der Waals surface area contributed by atoms with Crippen LogP contribution in [-0.2, 0) is 0 Å². The highest BCUT2D eigenvalue weighted by molar-refractivity contribution is 4.93. The van der Waals surface area contributed by atoms with E-state index < -0.39 is 12.2 Å². The predicted molar refractivity (Wildman–Crippen MR) is 53.8 cm³/mol. The third-order valence-electron chi connectivity index (χ3n) is 3.54. The van der Waals surface area contributed by atoms with Crippen LogP contribution in [0.15, 0.2) is 0 Å². The zero-order valence-corrected chi connectivity index (χ0v) is 8.47. The van der Waals surface area contributed by atoms with Crippen LogP contribution >= 0.6 is 0 Å². The Labute approximate surface area is 84.7 Å². The van der Waals surface area contributed by atoms with Gasteiger partial charge in [-0.25, -0.2) is 0 Å². The summed E-state index contributed by atoms with van der Waals surface area (Å²) in [7, 11) is 0. The summed E-state index contributed by atoms with van der Waals surface area (Å²) < 4.78 is 0. The maximum atomic E-state index is 9.45. The van der Waals surface area contributed by atoms with Crippen LogP contribution in [0.2, 0.25) is 0 Å². The summed E-state index contributed by atoms with van der Waals surface area (Å²) in [5.41, 5.74) is 6.04. The van der Waals surface area contributed by atoms with Crippen LogP contribution in [0.3, 0.4) is 0 Å². The van der Waals surface area contributed by atoms with Crippen molar-refractivity contribution in [2.45, 2.75) is 50.0 Å². The molecule has 0 aromatic heterocycles. The molecule has 0 bridgehead atoms. The third kappa shape index (κ3) is 1.93. The van der Waals surface area contributed by atoms with Crippen molar-refractivity contribution in [3.05, 3.63) is 0 Å². The van der Waals surface area contributed by atoms with Gasteiger partial charge in [-0.15, -0.1) is 0 Å². The standard InChI is InChI=1S/C10H20N2O2/c11-7-3-1-2-4-8(7)12-5-9(13)10(14)6-12/h7-10,13-14H,1-6,11H2. The zero-order valence-electron chi connectivity index (χ0n) is 8.47. The number of likely N-dealkylation sites (tertiary alicyclic amines) is 1. The largest absolute Gasteiger partial charge is 0.389 e. The van der Waals surface area contributed by atoms with Crippen molar-refractivity contribution in [2.75, 3.05) is 13.1 Å². The SMILES string of the molecule is NC1CCCCC1N1CC(O)C(O)C1. The van der Waals surface area contributed by atoms with Gasteiger partial charge in [-0.3, -0.25) is 4.90 Å². The number of nitrogens with two attached hydrogens (primary N) is 1. The molecule has 0 aromatic rings. The maximum Gasteiger partial charge on any atom is 0.0938 e. The molecule has 1 aliphatic carbocycles. The molecule has 1 heterocycles. The topological polar surface area (TPSA) is 69.7 Å². The van der Waals surface area contributed by atoms with Crippen molar-refractivity contribution in [2.24, 2.45) is 5.73 Å². The van der Waals surface area contributed by atoms with E-state index in [1.54, 1.807) is 0 Å². The molecule has 0 aromatic carbocycles. The van der Waals surface area contributed by atoms with Crippen molar-refractivity contribution in [1.29, 1.82) is 0 Å². The van der Waals surface area contributed by atoms with E-state index in [0.717, 1.165) is 12.8 Å². The first-order valence-electron chi connectivity index (χ1n) is 5.54. The minimum atomic E-state index is -0.580. The number of rotatable bonds is 1. The lowest BCUT2D eigenvalue weighted by molar-refractivity contribution is 0.0572. The molecular weight excluding hydrogens is 180 g/mol. The summed E-state index contributed by atoms with van der Waals surface area (Å²) in [5.74, 6) is 0. The maximum absolute atomic E-state index is 9.45. The van der Waals surface area contributed by atoms with Gasteiger partial charge in [-0.2, -0.15) is 0 Å². The van der Waals surface area contributed by atoms with Gasteiger partial charge in [-0.05, 0) is 12.8 Å². The molecule has 2 fully saturated rings. The van der Waals surface area contributed by atoms with Gasteiger partial charge in [0.05, 0.1) is 12.2 Å². The van der Waals surface area contributed by atoms with E-state index in [4.69, 9.17) is 5.73 Å². The Balaban J connectivity index is 1.94. The molecule has 2 rings (SSSR count). The van der Waals surface area contributed by atoms with Gasteiger partial charge in [0.25, 0.3) is 0 Å². The average molecular weight is 200 g/mol. The summed E-state index contributed by atoms with van der Waals surface area (Å²) in [5, 5.41) is 18.9. The van der Waals surface area contributed by atoms with Crippen LogP contribution in [-0.4, -0.2) is 52.5 Å². The van der Waals surface area contributed by atoms with Crippen molar-refractivity contribution in [1.82, 2.24) is 4.90 Å². The molecule has 1 aliphatic heterocycles. The van der Waals surface area contributed by atoms with E-state index in [2.05, 4.69) is 4.90 Å². The van der Waals surface area contributed by atoms with E-state index in [1.807, 2.05) is 0 Å². The molecule has 1 saturated heterocycles. The summed E-state index contributed by atoms with van der Waals surface area (Å²) in [6, 6.07) is 0.594. The predicted octanol–water partition coefficient (Wildman–Crippen LogP) is -0.706. The highest BCUT2D eigenvalue weighted by Crippen LogP contribution is 2.25. The summed E-state index contributed by atoms with van der Waals surface area (Å²) in [6.45, 7) is 1.17. The lowest BCUT2D eigenvalue weighted by atomic mass is 9.90. The van der Waals surface area contributed by atoms with E-state index in [0.29, 0.717) is 19.1 Å². The molecule has 0 radical (unpaired) electrons. The van der Waals surface area contributed by atoms with Crippen LogP contribution in [0.5, 0.6) is 0 Å². The Kier molecular flexibility index (Phi) is 3.07. The Morgan fingerprint density at radius 3 is 2.14 bits per heavy atom. The molecule has 4 heteroatoms. The van der Waals surface area contributed by atoms with Gasteiger partial charge in [0, 0.05) is 25.2 Å². The Morgan fingerprint density at radius 1 is 1.00 bits per heavy atom. The van der Waals surface area contributed by atoms with Crippen LogP contribution in [0.25, 0.3) is 0 Å². The van der Waals surface area contributed by atoms with E-state index in [9.17, 15) is 10.2 Å². The first-order chi connectivity index (χ1) is 6.68. The fraction of sp³-hybridized carbons (Fsp3) is 1.00. The fourth-order valence-corrected chi connectivity index (χ4v) is 2.66. The first-order valence-corrected chi connectivity index (χ1v) is 5.54. The first kappa shape index (κ1) is 10.4. The molecule has 0 spiro atoms. The lowest BCUT2D eigenvalue weighted by Crippen LogP contribution is -2.49. The lowest BCUT2D eigenvalue weighted by Gasteiger charge is -2.35. The van der Waals surface area contributed by atoms with Crippen LogP contribution in [0.1, 0.15) is 25.7 Å². The van der Waals surface area contributed by atoms with E-state index in [-0.39, 0.29) is 6.04 Å². The second-order valence-electron chi connectivity index (χ2n) is 4.60. The zero-order chi connectivity index (χ0) is 10.1. The minimum absolute atomic E-state index is 0.223. The van der Waals surface area contributed by atoms with E-state index in [1.165, 1.54) is 12.8 Å². The van der Waals surface area contributed by atoms with Crippen LogP contribution in [0.4, 0.5) is 0 Å². The van der Waals surface area contributed by atoms with Gasteiger partial charge in [-0.1, -0.05) is 12.8 Å². The molecule has 14 heavy (non-hydrogen) atoms. The normalized spacial score (nSPS) is 45.6. The van der Waals surface area contributed by atoms with Gasteiger partial charge < -0.3 is 15.9 Å². The summed E-state index contributed by atoms with van der Waals surface area (Å²) in [6.07, 6.45) is 3.47. The molecule has 4 nitrogen and oxygen atoms in total. The molecule has 4 atom stereocenters. The smallest absolute Gasteiger partial charge is 0.0938 e. The molecule has 1 saturated carbocycles. The van der Waals surface area contributed by atoms with Gasteiger partial charge >= 0.3 is 0 Å². The number of aliphatic hydroxyl groups is 2. The molecule has 82 valence electrons. The highest BCUT2D eigenvalue weighted by atomic mass is 16.3. The minimum Gasteiger partial charge on any atom is -0.389 e. The number of aliphatic hydroxyl groups excluding tert-OH is 2. The fourth-order valence-electron chi connectivity index (χ4n) is 2.66. The Morgan fingerprint density at radius 2 is 1.57 bits per heavy atom. The molecule has 2 aliphatic rings. The molecule has 4 unspecified atom stereocenters. The number of hydrogen-bond donors (Lipinski definition) is 3. The van der Waals surface area contributed by atoms with Crippen LogP contribution in [0, 0.1) is 0 Å². The third-order valence-corrected chi connectivity index (χ3v) is 3.54. The second-order valence-corrected chi connectivity index (χ2v) is 4.60. The number of nitrogens with zero attached hydrogens (tertiary/aromatic N) is 1. The Bertz CT molecular complexity index is 191. The number of hydrogen-bond acceptors (Lipinski definition) is 4. The van der Waals surface area contributed by atoms with Crippen molar-refractivity contribution < 1.29 is 10.2 Å². The Hall–Kier alpha value is -0.160. The van der Waals surface area contributed by atoms with Gasteiger partial charge in [0.15, 0.2) is 0 Å². The molecule has 4 N–H and O–H groups in total. The summed E-state index contributed by atoms with van der Waals surface area (Å²) >= 11 is 0. The number of β-amino-alcohol motifs (C(OH)–C–C–N with tert-alkyl or cyclic N) is 2. The van der Waals surface area contributed by atoms with Crippen molar-refractivity contribution in [3.63, 3.8) is 0 Å². The average Bonchev–Trinajstić information content (AvgIpc) is 2.48. The van der Waals surface area contributed by atoms with Gasteiger partial charge in [0.2, 0.25) is 0 Å². The summed E-state index contributed by atoms with van der Waals surface area (Å²) in [4.78, 5) is 2.15. The monoisotopic (exact) mass is 200 g/mol. The molecular formula is C10H20N2O2.